The van der Waals surface area contributed by atoms with Gasteiger partial charge in [-0.05, 0) is 30.7 Å². The lowest BCUT2D eigenvalue weighted by molar-refractivity contribution is -0.393. The fraction of sp³-hybridized carbons (Fsp3) is 0.167. The number of hydrogen-bond acceptors (Lipinski definition) is 8. The number of benzene rings is 2. The van der Waals surface area contributed by atoms with Crippen molar-refractivity contribution in [2.24, 2.45) is 5.10 Å². The van der Waals surface area contributed by atoms with Gasteiger partial charge in [-0.2, -0.15) is 5.10 Å². The second-order valence-electron chi connectivity index (χ2n) is 5.34. The lowest BCUT2D eigenvalue weighted by Gasteiger charge is -2.12. The van der Waals surface area contributed by atoms with Crippen LogP contribution in [0.2, 0.25) is 5.02 Å². The number of nitrogens with zero attached hydrogens (tertiary/aromatic N) is 3. The number of hydrogen-bond donors (Lipinski definition) is 1. The van der Waals surface area contributed by atoms with Gasteiger partial charge in [-0.1, -0.05) is 17.5 Å². The Labute approximate surface area is 170 Å². The third-order valence-corrected chi connectivity index (χ3v) is 3.70. The minimum atomic E-state index is -0.744. The number of ether oxygens (including phenoxy) is 2. The summed E-state index contributed by atoms with van der Waals surface area (Å²) >= 11 is 6.21. The standard InChI is InChI=1S/C18H15ClN4O6/c1-3-7-29-18-14(19)8-12(9-17(18)28-4-2)11-20-21-15-6-5-13(22(24)25)10-16(15)23(26)27/h1,5-6,8-11,21H,4,7H2,2H3/b20-11+. The zero-order chi connectivity index (χ0) is 21.4. The van der Waals surface area contributed by atoms with Crippen LogP contribution >= 0.6 is 11.6 Å². The maximum absolute atomic E-state index is 11.1. The van der Waals surface area contributed by atoms with Crippen molar-refractivity contribution in [1.82, 2.24) is 0 Å². The highest BCUT2D eigenvalue weighted by Crippen LogP contribution is 2.36. The molecule has 0 spiro atoms. The van der Waals surface area contributed by atoms with Gasteiger partial charge in [0.25, 0.3) is 5.69 Å². The van der Waals surface area contributed by atoms with Crippen LogP contribution in [0.4, 0.5) is 17.1 Å². The molecule has 0 heterocycles. The molecule has 0 aromatic heterocycles. The van der Waals surface area contributed by atoms with E-state index in [9.17, 15) is 20.2 Å². The SMILES string of the molecule is C#CCOc1c(Cl)cc(/C=N/Nc2ccc([N+](=O)[O-])cc2[N+](=O)[O-])cc1OCC. The molecule has 0 aliphatic heterocycles. The van der Waals surface area contributed by atoms with E-state index in [2.05, 4.69) is 16.4 Å². The van der Waals surface area contributed by atoms with Crippen molar-refractivity contribution < 1.29 is 19.3 Å². The van der Waals surface area contributed by atoms with Crippen LogP contribution < -0.4 is 14.9 Å². The minimum absolute atomic E-state index is 0.0121. The molecule has 2 rings (SSSR count). The van der Waals surface area contributed by atoms with Gasteiger partial charge in [0.1, 0.15) is 12.3 Å². The number of nitrogens with one attached hydrogen (secondary N) is 1. The molecule has 0 atom stereocenters. The summed E-state index contributed by atoms with van der Waals surface area (Å²) in [6, 6.07) is 6.33. The molecule has 0 aliphatic rings. The number of hydrazone groups is 1. The molecular formula is C18H15ClN4O6. The Bertz CT molecular complexity index is 1000. The third kappa shape index (κ3) is 5.57. The van der Waals surface area contributed by atoms with Gasteiger partial charge in [0.2, 0.25) is 0 Å². The molecule has 2 aromatic rings. The lowest BCUT2D eigenvalue weighted by atomic mass is 10.2. The molecule has 2 aromatic carbocycles. The molecular weight excluding hydrogens is 404 g/mol. The van der Waals surface area contributed by atoms with Crippen molar-refractivity contribution in [3.63, 3.8) is 0 Å². The lowest BCUT2D eigenvalue weighted by Crippen LogP contribution is -2.01. The van der Waals surface area contributed by atoms with Crippen LogP contribution in [0.15, 0.2) is 35.4 Å². The van der Waals surface area contributed by atoms with E-state index < -0.39 is 21.2 Å². The fourth-order valence-electron chi connectivity index (χ4n) is 2.23. The van der Waals surface area contributed by atoms with E-state index in [-0.39, 0.29) is 17.3 Å². The summed E-state index contributed by atoms with van der Waals surface area (Å²) < 4.78 is 10.9. The topological polar surface area (TPSA) is 129 Å². The van der Waals surface area contributed by atoms with Crippen LogP contribution in [0, 0.1) is 32.6 Å². The van der Waals surface area contributed by atoms with Gasteiger partial charge >= 0.3 is 5.69 Å². The number of halogens is 1. The summed E-state index contributed by atoms with van der Waals surface area (Å²) in [5, 5.41) is 26.1. The molecule has 0 bridgehead atoms. The van der Waals surface area contributed by atoms with Crippen molar-refractivity contribution in [3.05, 3.63) is 61.1 Å². The number of nitro groups is 2. The summed E-state index contributed by atoms with van der Waals surface area (Å²) in [6.07, 6.45) is 6.54. The largest absolute Gasteiger partial charge is 0.490 e. The van der Waals surface area contributed by atoms with Crippen LogP contribution in [-0.4, -0.2) is 29.3 Å². The maximum Gasteiger partial charge on any atom is 0.301 e. The van der Waals surface area contributed by atoms with Gasteiger partial charge in [-0.15, -0.1) is 6.42 Å². The van der Waals surface area contributed by atoms with Crippen molar-refractivity contribution in [1.29, 1.82) is 0 Å². The zero-order valence-electron chi connectivity index (χ0n) is 15.1. The Morgan fingerprint density at radius 3 is 2.62 bits per heavy atom. The first kappa shape index (κ1) is 21.5. The van der Waals surface area contributed by atoms with E-state index in [1.165, 1.54) is 12.3 Å². The second kappa shape index (κ2) is 9.91. The molecule has 0 fully saturated rings. The van der Waals surface area contributed by atoms with Crippen LogP contribution in [-0.2, 0) is 0 Å². The second-order valence-corrected chi connectivity index (χ2v) is 5.75. The van der Waals surface area contributed by atoms with Gasteiger partial charge in [0, 0.05) is 6.07 Å². The number of rotatable bonds is 9. The van der Waals surface area contributed by atoms with Crippen LogP contribution in [0.1, 0.15) is 12.5 Å². The van der Waals surface area contributed by atoms with E-state index in [1.54, 1.807) is 19.1 Å². The molecule has 0 radical (unpaired) electrons. The van der Waals surface area contributed by atoms with Crippen molar-refractivity contribution in [3.8, 4) is 23.8 Å². The predicted octanol–water partition coefficient (Wildman–Crippen LogP) is 4.01. The number of nitro benzene ring substituents is 2. The summed E-state index contributed by atoms with van der Waals surface area (Å²) in [5.74, 6) is 2.99. The van der Waals surface area contributed by atoms with E-state index >= 15 is 0 Å². The fourth-order valence-corrected chi connectivity index (χ4v) is 2.51. The highest BCUT2D eigenvalue weighted by Gasteiger charge is 2.19. The van der Waals surface area contributed by atoms with E-state index in [0.29, 0.717) is 23.7 Å². The van der Waals surface area contributed by atoms with Gasteiger partial charge in [0.05, 0.1) is 33.8 Å². The molecule has 10 nitrogen and oxygen atoms in total. The van der Waals surface area contributed by atoms with Crippen LogP contribution in [0.3, 0.4) is 0 Å². The summed E-state index contributed by atoms with van der Waals surface area (Å²) in [7, 11) is 0. The Morgan fingerprint density at radius 2 is 2.00 bits per heavy atom. The Hall–Kier alpha value is -3.84. The number of non-ortho nitro benzene ring substituents is 1. The van der Waals surface area contributed by atoms with Gasteiger partial charge < -0.3 is 9.47 Å². The van der Waals surface area contributed by atoms with Gasteiger partial charge in [-0.3, -0.25) is 25.7 Å². The minimum Gasteiger partial charge on any atom is -0.490 e. The van der Waals surface area contributed by atoms with E-state index in [1.807, 2.05) is 0 Å². The van der Waals surface area contributed by atoms with Crippen molar-refractivity contribution in [2.75, 3.05) is 18.6 Å². The predicted molar refractivity (Wildman–Crippen MR) is 108 cm³/mol. The molecule has 1 N–H and O–H groups in total. The molecule has 0 amide bonds. The molecule has 0 saturated heterocycles. The summed E-state index contributed by atoms with van der Waals surface area (Å²) in [4.78, 5) is 20.5. The maximum atomic E-state index is 11.1. The Morgan fingerprint density at radius 1 is 1.24 bits per heavy atom. The highest BCUT2D eigenvalue weighted by atomic mass is 35.5. The number of anilines is 1. The first-order valence-electron chi connectivity index (χ1n) is 8.11. The van der Waals surface area contributed by atoms with Crippen molar-refractivity contribution >= 4 is 34.9 Å². The van der Waals surface area contributed by atoms with Crippen molar-refractivity contribution in [2.45, 2.75) is 6.92 Å². The van der Waals surface area contributed by atoms with Crippen LogP contribution in [0.5, 0.6) is 11.5 Å². The molecule has 11 heteroatoms. The van der Waals surface area contributed by atoms with E-state index in [4.69, 9.17) is 27.5 Å². The van der Waals surface area contributed by atoms with Gasteiger partial charge in [0.15, 0.2) is 11.5 Å². The first-order chi connectivity index (χ1) is 13.9. The highest BCUT2D eigenvalue weighted by molar-refractivity contribution is 6.32. The number of terminal acetylenes is 1. The average Bonchev–Trinajstić information content (AvgIpc) is 2.67. The van der Waals surface area contributed by atoms with Gasteiger partial charge in [-0.25, -0.2) is 0 Å². The summed E-state index contributed by atoms with van der Waals surface area (Å²) in [6.45, 7) is 2.16. The quantitative estimate of drug-likeness (QED) is 0.282. The monoisotopic (exact) mass is 418 g/mol. The first-order valence-corrected chi connectivity index (χ1v) is 8.49. The molecule has 150 valence electrons. The third-order valence-electron chi connectivity index (χ3n) is 3.42. The van der Waals surface area contributed by atoms with Crippen LogP contribution in [0.25, 0.3) is 0 Å². The van der Waals surface area contributed by atoms with E-state index in [0.717, 1.165) is 12.1 Å². The Kier molecular flexibility index (Phi) is 7.33. The Balaban J connectivity index is 2.27. The molecule has 0 unspecified atom stereocenters. The molecule has 29 heavy (non-hydrogen) atoms. The smallest absolute Gasteiger partial charge is 0.301 e. The zero-order valence-corrected chi connectivity index (χ0v) is 15.9. The average molecular weight is 419 g/mol. The normalized spacial score (nSPS) is 10.4. The summed E-state index contributed by atoms with van der Waals surface area (Å²) in [5.41, 5.74) is 2.11. The molecule has 0 saturated carbocycles. The molecule has 0 aliphatic carbocycles.